The molecule has 0 saturated carbocycles. The van der Waals surface area contributed by atoms with Crippen LogP contribution in [0, 0.1) is 0 Å². The molecule has 0 saturated heterocycles. The van der Waals surface area contributed by atoms with Crippen LogP contribution < -0.4 is 5.73 Å². The molecular weight excluding hydrogens is 245 g/mol. The minimum absolute atomic E-state index is 0.00576. The van der Waals surface area contributed by atoms with Gasteiger partial charge in [0.1, 0.15) is 0 Å². The molecule has 0 rings (SSSR count). The quantitative estimate of drug-likeness (QED) is 0.711. The van der Waals surface area contributed by atoms with Crippen molar-refractivity contribution in [2.45, 2.75) is 18.9 Å². The van der Waals surface area contributed by atoms with Gasteiger partial charge in [0, 0.05) is 25.3 Å². The average Bonchev–Trinajstić information content (AvgIpc) is 2.08. The number of thiocarbonyl (C=S) groups is 1. The van der Waals surface area contributed by atoms with Crippen LogP contribution in [0.5, 0.6) is 0 Å². The van der Waals surface area contributed by atoms with Gasteiger partial charge in [-0.3, -0.25) is 0 Å². The van der Waals surface area contributed by atoms with Gasteiger partial charge in [0.15, 0.2) is 0 Å². The Morgan fingerprint density at radius 1 is 1.40 bits per heavy atom. The maximum Gasteiger partial charge on any atom is 0.441 e. The van der Waals surface area contributed by atoms with Crippen LogP contribution in [-0.2, 0) is 0 Å². The topological polar surface area (TPSA) is 29.3 Å². The molecule has 0 aliphatic carbocycles. The third-order valence-corrected chi connectivity index (χ3v) is 2.71. The molecule has 0 spiro atoms. The van der Waals surface area contributed by atoms with Crippen LogP contribution in [-0.4, -0.2) is 40.8 Å². The number of thioether (sulfide) groups is 1. The number of nitrogens with zero attached hydrogens (tertiary/aromatic N) is 1. The molecule has 0 heterocycles. The highest BCUT2D eigenvalue weighted by Crippen LogP contribution is 2.29. The first kappa shape index (κ1) is 15.0. The van der Waals surface area contributed by atoms with Crippen molar-refractivity contribution in [1.82, 2.24) is 4.90 Å². The lowest BCUT2D eigenvalue weighted by Crippen LogP contribution is -2.30. The highest BCUT2D eigenvalue weighted by atomic mass is 32.2. The summed E-state index contributed by atoms with van der Waals surface area (Å²) in [6, 6.07) is 0. The molecule has 0 atom stereocenters. The fourth-order valence-corrected chi connectivity index (χ4v) is 1.66. The Balaban J connectivity index is 3.66. The summed E-state index contributed by atoms with van der Waals surface area (Å²) in [6.07, 6.45) is 0.555. The first-order chi connectivity index (χ1) is 6.85. The lowest BCUT2D eigenvalue weighted by atomic mass is 10.4. The van der Waals surface area contributed by atoms with Crippen molar-refractivity contribution in [2.75, 3.05) is 25.4 Å². The van der Waals surface area contributed by atoms with Gasteiger partial charge in [0.2, 0.25) is 0 Å². The fraction of sp³-hybridized carbons (Fsp3) is 0.875. The summed E-state index contributed by atoms with van der Waals surface area (Å²) >= 11 is 4.71. The first-order valence-electron chi connectivity index (χ1n) is 4.56. The standard InChI is InChI=1S/C8H15F3N2S2/c1-2-13(4-3-7(12)14)5-6-15-8(9,10)11/h2-6H2,1H3,(H2,12,14). The lowest BCUT2D eigenvalue weighted by molar-refractivity contribution is -0.0328. The number of hydrogen-bond donors (Lipinski definition) is 1. The van der Waals surface area contributed by atoms with E-state index < -0.39 is 5.51 Å². The van der Waals surface area contributed by atoms with Crippen LogP contribution in [0.1, 0.15) is 13.3 Å². The molecule has 0 aromatic rings. The van der Waals surface area contributed by atoms with Crippen molar-refractivity contribution in [3.8, 4) is 0 Å². The van der Waals surface area contributed by atoms with Gasteiger partial charge in [0.25, 0.3) is 0 Å². The molecule has 7 heteroatoms. The second-order valence-electron chi connectivity index (χ2n) is 2.94. The second kappa shape index (κ2) is 7.29. The highest BCUT2D eigenvalue weighted by molar-refractivity contribution is 8.00. The molecule has 15 heavy (non-hydrogen) atoms. The summed E-state index contributed by atoms with van der Waals surface area (Å²) in [5.41, 5.74) is 1.18. The largest absolute Gasteiger partial charge is 0.441 e. The summed E-state index contributed by atoms with van der Waals surface area (Å²) in [6.45, 7) is 3.65. The van der Waals surface area contributed by atoms with Crippen molar-refractivity contribution < 1.29 is 13.2 Å². The minimum atomic E-state index is -4.14. The van der Waals surface area contributed by atoms with E-state index in [-0.39, 0.29) is 17.5 Å². The minimum Gasteiger partial charge on any atom is -0.393 e. The number of hydrogen-bond acceptors (Lipinski definition) is 3. The maximum atomic E-state index is 11.8. The molecule has 0 fully saturated rings. The van der Waals surface area contributed by atoms with E-state index in [0.29, 0.717) is 31.0 Å². The second-order valence-corrected chi connectivity index (χ2v) is 4.63. The van der Waals surface area contributed by atoms with Crippen molar-refractivity contribution in [1.29, 1.82) is 0 Å². The molecule has 0 aliphatic rings. The van der Waals surface area contributed by atoms with Gasteiger partial charge in [-0.25, -0.2) is 0 Å². The Kier molecular flexibility index (Phi) is 7.29. The highest BCUT2D eigenvalue weighted by Gasteiger charge is 2.27. The molecular formula is C8H15F3N2S2. The van der Waals surface area contributed by atoms with Crippen molar-refractivity contribution in [3.05, 3.63) is 0 Å². The fourth-order valence-electron chi connectivity index (χ4n) is 0.987. The van der Waals surface area contributed by atoms with Crippen LogP contribution in [0.15, 0.2) is 0 Å². The van der Waals surface area contributed by atoms with E-state index in [1.54, 1.807) is 0 Å². The van der Waals surface area contributed by atoms with Gasteiger partial charge >= 0.3 is 5.51 Å². The maximum absolute atomic E-state index is 11.8. The molecule has 0 aromatic heterocycles. The average molecular weight is 260 g/mol. The van der Waals surface area contributed by atoms with E-state index in [0.717, 1.165) is 0 Å². The predicted molar refractivity (Wildman–Crippen MR) is 62.0 cm³/mol. The number of alkyl halides is 3. The molecule has 2 N–H and O–H groups in total. The third kappa shape index (κ3) is 10.3. The van der Waals surface area contributed by atoms with Crippen LogP contribution in [0.25, 0.3) is 0 Å². The van der Waals surface area contributed by atoms with Gasteiger partial charge in [-0.15, -0.1) is 0 Å². The number of rotatable bonds is 7. The lowest BCUT2D eigenvalue weighted by Gasteiger charge is -2.19. The van der Waals surface area contributed by atoms with Crippen molar-refractivity contribution in [3.63, 3.8) is 0 Å². The Morgan fingerprint density at radius 2 is 2.00 bits per heavy atom. The SMILES string of the molecule is CCN(CCSC(F)(F)F)CCC(N)=S. The van der Waals surface area contributed by atoms with Gasteiger partial charge in [-0.2, -0.15) is 13.2 Å². The van der Waals surface area contributed by atoms with E-state index in [2.05, 4.69) is 0 Å². The predicted octanol–water partition coefficient (Wildman–Crippen LogP) is 2.24. The van der Waals surface area contributed by atoms with E-state index in [1.807, 2.05) is 11.8 Å². The zero-order valence-corrected chi connectivity index (χ0v) is 10.1. The summed E-state index contributed by atoms with van der Waals surface area (Å²) in [5, 5.41) is 0. The molecule has 90 valence electrons. The van der Waals surface area contributed by atoms with E-state index in [4.69, 9.17) is 18.0 Å². The van der Waals surface area contributed by atoms with Gasteiger partial charge in [0.05, 0.1) is 4.99 Å². The Labute approximate surface area is 97.4 Å². The van der Waals surface area contributed by atoms with Crippen LogP contribution >= 0.6 is 24.0 Å². The van der Waals surface area contributed by atoms with Crippen molar-refractivity contribution >= 4 is 29.0 Å². The van der Waals surface area contributed by atoms with Gasteiger partial charge in [-0.1, -0.05) is 19.1 Å². The zero-order valence-electron chi connectivity index (χ0n) is 8.51. The molecule has 0 radical (unpaired) electrons. The number of halogens is 3. The van der Waals surface area contributed by atoms with E-state index in [9.17, 15) is 13.2 Å². The number of nitrogens with two attached hydrogens (primary N) is 1. The zero-order chi connectivity index (χ0) is 11.9. The van der Waals surface area contributed by atoms with Gasteiger partial charge in [-0.05, 0) is 18.3 Å². The monoisotopic (exact) mass is 260 g/mol. The molecule has 0 aromatic carbocycles. The van der Waals surface area contributed by atoms with Crippen LogP contribution in [0.2, 0.25) is 0 Å². The third-order valence-electron chi connectivity index (χ3n) is 1.79. The van der Waals surface area contributed by atoms with Crippen LogP contribution in [0.4, 0.5) is 13.2 Å². The Bertz CT molecular complexity index is 197. The Morgan fingerprint density at radius 3 is 2.40 bits per heavy atom. The summed E-state index contributed by atoms with van der Waals surface area (Å²) in [5.74, 6) is 0.0503. The molecule has 0 amide bonds. The van der Waals surface area contributed by atoms with Gasteiger partial charge < -0.3 is 10.6 Å². The summed E-state index contributed by atoms with van der Waals surface area (Å²) in [4.78, 5) is 2.30. The smallest absolute Gasteiger partial charge is 0.393 e. The first-order valence-corrected chi connectivity index (χ1v) is 5.96. The molecule has 0 unspecified atom stereocenters. The van der Waals surface area contributed by atoms with E-state index >= 15 is 0 Å². The molecule has 2 nitrogen and oxygen atoms in total. The summed E-state index contributed by atoms with van der Waals surface area (Å²) in [7, 11) is 0. The molecule has 0 aliphatic heterocycles. The Hall–Kier alpha value is -0.0100. The van der Waals surface area contributed by atoms with E-state index in [1.165, 1.54) is 0 Å². The van der Waals surface area contributed by atoms with Crippen LogP contribution in [0.3, 0.4) is 0 Å². The molecule has 0 bridgehead atoms. The normalized spacial score (nSPS) is 12.1. The summed E-state index contributed by atoms with van der Waals surface area (Å²) < 4.78 is 35.5. The van der Waals surface area contributed by atoms with Crippen molar-refractivity contribution in [2.24, 2.45) is 5.73 Å².